The molecule has 0 aliphatic rings. The Hall–Kier alpha value is -1.48. The number of ether oxygens (including phenoxy) is 1. The molecule has 0 aromatic heterocycles. The summed E-state index contributed by atoms with van der Waals surface area (Å²) in [5.74, 6) is 0.859. The van der Waals surface area contributed by atoms with E-state index in [0.29, 0.717) is 0 Å². The van der Waals surface area contributed by atoms with Crippen LogP contribution in [0.15, 0.2) is 34.8 Å². The molecule has 2 aromatic carbocycles. The van der Waals surface area contributed by atoms with Crippen molar-refractivity contribution in [2.75, 3.05) is 12.4 Å². The van der Waals surface area contributed by atoms with E-state index in [9.17, 15) is 0 Å². The number of halogens is 1. The van der Waals surface area contributed by atoms with E-state index in [2.05, 4.69) is 73.2 Å². The second-order valence-corrected chi connectivity index (χ2v) is 6.43. The van der Waals surface area contributed by atoms with Crippen LogP contribution in [0.1, 0.15) is 35.2 Å². The number of rotatable bonds is 4. The maximum atomic E-state index is 5.49. The van der Waals surface area contributed by atoms with Gasteiger partial charge in [0.1, 0.15) is 5.75 Å². The lowest BCUT2D eigenvalue weighted by Crippen LogP contribution is -2.09. The van der Waals surface area contributed by atoms with Crippen LogP contribution in [0.4, 0.5) is 5.69 Å². The van der Waals surface area contributed by atoms with E-state index in [-0.39, 0.29) is 6.04 Å². The molecule has 2 rings (SSSR count). The Labute approximate surface area is 135 Å². The molecule has 0 fully saturated rings. The van der Waals surface area contributed by atoms with Crippen LogP contribution in [0, 0.1) is 20.8 Å². The summed E-state index contributed by atoms with van der Waals surface area (Å²) in [7, 11) is 1.70. The van der Waals surface area contributed by atoms with Gasteiger partial charge in [-0.05, 0) is 62.1 Å². The Morgan fingerprint density at radius 1 is 1.00 bits per heavy atom. The molecule has 0 aliphatic carbocycles. The summed E-state index contributed by atoms with van der Waals surface area (Å²) in [6, 6.07) is 10.9. The van der Waals surface area contributed by atoms with Crippen LogP contribution < -0.4 is 10.1 Å². The van der Waals surface area contributed by atoms with Gasteiger partial charge in [-0.25, -0.2) is 0 Å². The van der Waals surface area contributed by atoms with E-state index in [0.717, 1.165) is 21.5 Å². The zero-order valence-corrected chi connectivity index (χ0v) is 14.8. The summed E-state index contributed by atoms with van der Waals surface area (Å²) >= 11 is 3.51. The zero-order valence-electron chi connectivity index (χ0n) is 13.3. The van der Waals surface area contributed by atoms with Crippen LogP contribution in [-0.4, -0.2) is 7.11 Å². The number of hydrogen-bond acceptors (Lipinski definition) is 2. The Morgan fingerprint density at radius 2 is 1.71 bits per heavy atom. The summed E-state index contributed by atoms with van der Waals surface area (Å²) in [6.45, 7) is 8.55. The molecule has 3 heteroatoms. The van der Waals surface area contributed by atoms with Gasteiger partial charge in [-0.1, -0.05) is 34.1 Å². The molecule has 112 valence electrons. The number of nitrogens with one attached hydrogen (secondary N) is 1. The molecule has 21 heavy (non-hydrogen) atoms. The highest BCUT2D eigenvalue weighted by Crippen LogP contribution is 2.34. The van der Waals surface area contributed by atoms with Gasteiger partial charge in [0.15, 0.2) is 0 Å². The Morgan fingerprint density at radius 3 is 2.33 bits per heavy atom. The minimum absolute atomic E-state index is 0.220. The third-order valence-corrected chi connectivity index (χ3v) is 4.33. The van der Waals surface area contributed by atoms with Crippen molar-refractivity contribution in [3.8, 4) is 5.75 Å². The number of aryl methyl sites for hydroxylation is 3. The largest absolute Gasteiger partial charge is 0.495 e. The first kappa shape index (κ1) is 15.9. The molecule has 0 bridgehead atoms. The van der Waals surface area contributed by atoms with Crippen molar-refractivity contribution in [1.82, 2.24) is 0 Å². The lowest BCUT2D eigenvalue weighted by molar-refractivity contribution is 0.415. The highest BCUT2D eigenvalue weighted by atomic mass is 79.9. The normalized spacial score (nSPS) is 12.1. The van der Waals surface area contributed by atoms with Crippen molar-refractivity contribution in [2.45, 2.75) is 33.7 Å². The van der Waals surface area contributed by atoms with Gasteiger partial charge < -0.3 is 10.1 Å². The van der Waals surface area contributed by atoms with Crippen LogP contribution in [0.5, 0.6) is 5.75 Å². The van der Waals surface area contributed by atoms with E-state index in [1.54, 1.807) is 7.11 Å². The van der Waals surface area contributed by atoms with E-state index in [1.807, 2.05) is 6.07 Å². The minimum Gasteiger partial charge on any atom is -0.495 e. The first-order valence-electron chi connectivity index (χ1n) is 7.10. The molecular formula is C18H22BrNO. The average molecular weight is 348 g/mol. The van der Waals surface area contributed by atoms with Gasteiger partial charge in [-0.15, -0.1) is 0 Å². The number of benzene rings is 2. The average Bonchev–Trinajstić information content (AvgIpc) is 2.44. The van der Waals surface area contributed by atoms with Crippen LogP contribution in [0.3, 0.4) is 0 Å². The predicted octanol–water partition coefficient (Wildman–Crippen LogP) is 5.56. The molecule has 2 nitrogen and oxygen atoms in total. The van der Waals surface area contributed by atoms with Gasteiger partial charge in [-0.3, -0.25) is 0 Å². The molecule has 0 saturated carbocycles. The fourth-order valence-corrected chi connectivity index (χ4v) is 2.94. The Bertz CT molecular complexity index is 652. The number of hydrogen-bond donors (Lipinski definition) is 1. The molecule has 0 heterocycles. The van der Waals surface area contributed by atoms with Crippen LogP contribution in [0.25, 0.3) is 0 Å². The monoisotopic (exact) mass is 347 g/mol. The van der Waals surface area contributed by atoms with Gasteiger partial charge in [0, 0.05) is 10.5 Å². The summed E-state index contributed by atoms with van der Waals surface area (Å²) < 4.78 is 6.52. The lowest BCUT2D eigenvalue weighted by Gasteiger charge is -2.21. The van der Waals surface area contributed by atoms with Crippen molar-refractivity contribution >= 4 is 21.6 Å². The minimum atomic E-state index is 0.220. The topological polar surface area (TPSA) is 21.3 Å². The third-order valence-electron chi connectivity index (χ3n) is 3.88. The Kier molecular flexibility index (Phi) is 4.94. The van der Waals surface area contributed by atoms with Crippen molar-refractivity contribution < 1.29 is 4.74 Å². The molecule has 0 aliphatic heterocycles. The fourth-order valence-electron chi connectivity index (χ4n) is 2.39. The molecule has 1 N–H and O–H groups in total. The molecule has 1 atom stereocenters. The molecule has 0 amide bonds. The molecule has 0 saturated heterocycles. The second kappa shape index (κ2) is 6.52. The van der Waals surface area contributed by atoms with E-state index in [4.69, 9.17) is 4.74 Å². The molecule has 0 radical (unpaired) electrons. The third kappa shape index (κ3) is 3.59. The smallest absolute Gasteiger partial charge is 0.143 e. The standard InChI is InChI=1S/C18H22BrNO/c1-11-6-7-15(8-12(11)2)14(4)20-18-13(3)9-16(19)10-17(18)21-5/h6-10,14,20H,1-5H3. The number of methoxy groups -OCH3 is 1. The highest BCUT2D eigenvalue weighted by molar-refractivity contribution is 9.10. The zero-order chi connectivity index (χ0) is 15.6. The summed E-state index contributed by atoms with van der Waals surface area (Å²) in [5.41, 5.74) is 6.13. The van der Waals surface area contributed by atoms with Gasteiger partial charge >= 0.3 is 0 Å². The summed E-state index contributed by atoms with van der Waals surface area (Å²) in [4.78, 5) is 0. The second-order valence-electron chi connectivity index (χ2n) is 5.51. The summed E-state index contributed by atoms with van der Waals surface area (Å²) in [5, 5.41) is 3.57. The summed E-state index contributed by atoms with van der Waals surface area (Å²) in [6.07, 6.45) is 0. The molecular weight excluding hydrogens is 326 g/mol. The van der Waals surface area contributed by atoms with Crippen molar-refractivity contribution in [3.63, 3.8) is 0 Å². The van der Waals surface area contributed by atoms with E-state index < -0.39 is 0 Å². The fraction of sp³-hybridized carbons (Fsp3) is 0.333. The lowest BCUT2D eigenvalue weighted by atomic mass is 10.0. The van der Waals surface area contributed by atoms with Crippen molar-refractivity contribution in [1.29, 1.82) is 0 Å². The maximum Gasteiger partial charge on any atom is 0.143 e. The van der Waals surface area contributed by atoms with Crippen molar-refractivity contribution in [2.24, 2.45) is 0 Å². The van der Waals surface area contributed by atoms with Crippen LogP contribution >= 0.6 is 15.9 Å². The van der Waals surface area contributed by atoms with Gasteiger partial charge in [0.2, 0.25) is 0 Å². The van der Waals surface area contributed by atoms with Crippen molar-refractivity contribution in [3.05, 3.63) is 57.1 Å². The predicted molar refractivity (Wildman–Crippen MR) is 93.4 cm³/mol. The van der Waals surface area contributed by atoms with Gasteiger partial charge in [0.25, 0.3) is 0 Å². The first-order chi connectivity index (χ1) is 9.92. The van der Waals surface area contributed by atoms with Gasteiger partial charge in [-0.2, -0.15) is 0 Å². The van der Waals surface area contributed by atoms with Gasteiger partial charge in [0.05, 0.1) is 12.8 Å². The number of anilines is 1. The molecule has 2 aromatic rings. The van der Waals surface area contributed by atoms with Crippen LogP contribution in [0.2, 0.25) is 0 Å². The SMILES string of the molecule is COc1cc(Br)cc(C)c1NC(C)c1ccc(C)c(C)c1. The molecule has 0 spiro atoms. The van der Waals surface area contributed by atoms with Crippen LogP contribution in [-0.2, 0) is 0 Å². The molecule has 1 unspecified atom stereocenters. The van der Waals surface area contributed by atoms with E-state index in [1.165, 1.54) is 16.7 Å². The van der Waals surface area contributed by atoms with E-state index >= 15 is 0 Å². The quantitative estimate of drug-likeness (QED) is 0.781. The maximum absolute atomic E-state index is 5.49. The first-order valence-corrected chi connectivity index (χ1v) is 7.89. The highest BCUT2D eigenvalue weighted by Gasteiger charge is 2.13. The Balaban J connectivity index is 2.31.